The molecular weight excluding hydrogens is 497 g/mol. The molecule has 1 fully saturated rings. The highest BCUT2D eigenvalue weighted by Gasteiger charge is 2.31. The Balaban J connectivity index is 1.46. The van der Waals surface area contributed by atoms with E-state index in [4.69, 9.17) is 0 Å². The summed E-state index contributed by atoms with van der Waals surface area (Å²) in [4.78, 5) is 38.9. The molecule has 11 heteroatoms. The van der Waals surface area contributed by atoms with Gasteiger partial charge in [-0.2, -0.15) is 23.1 Å². The van der Waals surface area contributed by atoms with E-state index in [0.717, 1.165) is 43.4 Å². The van der Waals surface area contributed by atoms with Crippen molar-refractivity contribution in [2.45, 2.75) is 51.7 Å². The SMILES string of the molecule is Cc1ccc(NC(=O)c2cccc(C(F)(F)F)c2)cc1-n1c(C)c2cnc(NC3CCCC3)nc2nc1=O. The molecule has 8 nitrogen and oxygen atoms in total. The number of carbonyl (C=O) groups excluding carboxylic acids is 1. The number of rotatable bonds is 5. The van der Waals surface area contributed by atoms with Crippen LogP contribution >= 0.6 is 0 Å². The number of benzene rings is 2. The van der Waals surface area contributed by atoms with Crippen LogP contribution in [0.4, 0.5) is 24.8 Å². The van der Waals surface area contributed by atoms with Crippen LogP contribution in [0.1, 0.15) is 52.9 Å². The summed E-state index contributed by atoms with van der Waals surface area (Å²) in [5, 5.41) is 6.52. The van der Waals surface area contributed by atoms with Gasteiger partial charge in [0.25, 0.3) is 5.91 Å². The van der Waals surface area contributed by atoms with Gasteiger partial charge in [-0.3, -0.25) is 9.36 Å². The van der Waals surface area contributed by atoms with E-state index in [1.54, 1.807) is 38.2 Å². The first-order valence-electron chi connectivity index (χ1n) is 12.2. The molecule has 2 aromatic carbocycles. The van der Waals surface area contributed by atoms with Crippen LogP contribution < -0.4 is 16.3 Å². The van der Waals surface area contributed by atoms with Crippen LogP contribution in [0.15, 0.2) is 53.5 Å². The molecule has 2 aromatic heterocycles. The number of aromatic nitrogens is 4. The Morgan fingerprint density at radius 2 is 1.82 bits per heavy atom. The standard InChI is InChI=1S/C27H25F3N6O2/c1-15-10-11-20(32-24(37)17-6-5-7-18(12-17)27(28,29)30)13-22(15)36-16(2)21-14-31-25(33-19-8-3-4-9-19)34-23(21)35-26(36)38/h5-7,10-14,19H,3-4,8-9H2,1-2H3,(H,32,37)(H,33,34,35,38). The van der Waals surface area contributed by atoms with E-state index in [0.29, 0.717) is 34.4 Å². The minimum absolute atomic E-state index is 0.137. The first-order chi connectivity index (χ1) is 18.1. The van der Waals surface area contributed by atoms with Gasteiger partial charge >= 0.3 is 11.9 Å². The quantitative estimate of drug-likeness (QED) is 0.363. The van der Waals surface area contributed by atoms with Crippen LogP contribution in [0.2, 0.25) is 0 Å². The molecule has 0 atom stereocenters. The summed E-state index contributed by atoms with van der Waals surface area (Å²) in [6.45, 7) is 3.56. The van der Waals surface area contributed by atoms with E-state index in [9.17, 15) is 22.8 Å². The molecule has 1 aliphatic carbocycles. The lowest BCUT2D eigenvalue weighted by molar-refractivity contribution is -0.137. The zero-order valence-electron chi connectivity index (χ0n) is 20.8. The number of aryl methyl sites for hydroxylation is 2. The maximum Gasteiger partial charge on any atom is 0.416 e. The van der Waals surface area contributed by atoms with Crippen molar-refractivity contribution in [3.8, 4) is 5.69 Å². The summed E-state index contributed by atoms with van der Waals surface area (Å²) in [7, 11) is 0. The molecule has 38 heavy (non-hydrogen) atoms. The van der Waals surface area contributed by atoms with Crippen LogP contribution in [0.25, 0.3) is 16.7 Å². The highest BCUT2D eigenvalue weighted by molar-refractivity contribution is 6.04. The number of carbonyl (C=O) groups is 1. The largest absolute Gasteiger partial charge is 0.416 e. The number of hydrogen-bond acceptors (Lipinski definition) is 6. The first-order valence-corrected chi connectivity index (χ1v) is 12.2. The van der Waals surface area contributed by atoms with Crippen molar-refractivity contribution in [1.29, 1.82) is 0 Å². The third-order valence-corrected chi connectivity index (χ3v) is 6.74. The van der Waals surface area contributed by atoms with Crippen LogP contribution in [0.3, 0.4) is 0 Å². The molecular formula is C27H25F3N6O2. The number of halogens is 3. The number of nitrogens with zero attached hydrogens (tertiary/aromatic N) is 4. The summed E-state index contributed by atoms with van der Waals surface area (Å²) >= 11 is 0. The molecule has 0 unspecified atom stereocenters. The summed E-state index contributed by atoms with van der Waals surface area (Å²) in [6, 6.07) is 9.39. The highest BCUT2D eigenvalue weighted by Crippen LogP contribution is 2.30. The van der Waals surface area contributed by atoms with Gasteiger partial charge in [-0.25, -0.2) is 9.78 Å². The van der Waals surface area contributed by atoms with E-state index in [1.807, 2.05) is 0 Å². The van der Waals surface area contributed by atoms with Crippen molar-refractivity contribution < 1.29 is 18.0 Å². The number of amides is 1. The molecule has 2 heterocycles. The second kappa shape index (κ2) is 9.88. The van der Waals surface area contributed by atoms with Gasteiger partial charge in [-0.1, -0.05) is 25.0 Å². The van der Waals surface area contributed by atoms with Crippen molar-refractivity contribution in [2.24, 2.45) is 0 Å². The van der Waals surface area contributed by atoms with Gasteiger partial charge in [0.2, 0.25) is 5.95 Å². The third kappa shape index (κ3) is 5.09. The maximum absolute atomic E-state index is 13.1. The Kier molecular flexibility index (Phi) is 6.60. The van der Waals surface area contributed by atoms with Gasteiger partial charge in [0.05, 0.1) is 16.6 Å². The average Bonchev–Trinajstić information content (AvgIpc) is 3.38. The summed E-state index contributed by atoms with van der Waals surface area (Å²) < 4.78 is 40.6. The molecule has 0 bridgehead atoms. The average molecular weight is 523 g/mol. The van der Waals surface area contributed by atoms with Crippen molar-refractivity contribution in [3.63, 3.8) is 0 Å². The van der Waals surface area contributed by atoms with E-state index in [1.165, 1.54) is 16.7 Å². The monoisotopic (exact) mass is 522 g/mol. The molecule has 1 saturated carbocycles. The highest BCUT2D eigenvalue weighted by atomic mass is 19.4. The van der Waals surface area contributed by atoms with E-state index < -0.39 is 23.3 Å². The smallest absolute Gasteiger partial charge is 0.351 e. The van der Waals surface area contributed by atoms with Gasteiger partial charge in [0, 0.05) is 29.2 Å². The van der Waals surface area contributed by atoms with Crippen LogP contribution in [-0.4, -0.2) is 31.5 Å². The van der Waals surface area contributed by atoms with Gasteiger partial charge in [-0.15, -0.1) is 0 Å². The third-order valence-electron chi connectivity index (χ3n) is 6.74. The van der Waals surface area contributed by atoms with Crippen LogP contribution in [-0.2, 0) is 6.18 Å². The zero-order valence-corrected chi connectivity index (χ0v) is 20.8. The fraction of sp³-hybridized carbons (Fsp3) is 0.296. The molecule has 0 aliphatic heterocycles. The molecule has 0 spiro atoms. The predicted molar refractivity (Wildman–Crippen MR) is 138 cm³/mol. The molecule has 1 aliphatic rings. The molecule has 0 saturated heterocycles. The lowest BCUT2D eigenvalue weighted by Crippen LogP contribution is -2.25. The van der Waals surface area contributed by atoms with Crippen LogP contribution in [0, 0.1) is 13.8 Å². The predicted octanol–water partition coefficient (Wildman–Crippen LogP) is 5.42. The Bertz CT molecular complexity index is 1590. The lowest BCUT2D eigenvalue weighted by atomic mass is 10.1. The summed E-state index contributed by atoms with van der Waals surface area (Å²) in [5.74, 6) is -0.272. The molecule has 4 aromatic rings. The van der Waals surface area contributed by atoms with E-state index in [-0.39, 0.29) is 11.2 Å². The first kappa shape index (κ1) is 25.4. The second-order valence-electron chi connectivity index (χ2n) is 9.41. The number of fused-ring (bicyclic) bond motifs is 1. The second-order valence-corrected chi connectivity index (χ2v) is 9.41. The number of alkyl halides is 3. The van der Waals surface area contributed by atoms with Gasteiger partial charge in [0.1, 0.15) is 0 Å². The van der Waals surface area contributed by atoms with Crippen LogP contribution in [0.5, 0.6) is 0 Å². The zero-order chi connectivity index (χ0) is 27.0. The summed E-state index contributed by atoms with van der Waals surface area (Å²) in [6.07, 6.45) is 1.49. The van der Waals surface area contributed by atoms with E-state index >= 15 is 0 Å². The van der Waals surface area contributed by atoms with Gasteiger partial charge in [-0.05, 0) is 62.6 Å². The molecule has 0 radical (unpaired) electrons. The molecule has 196 valence electrons. The van der Waals surface area contributed by atoms with Gasteiger partial charge < -0.3 is 10.6 Å². The number of hydrogen-bond donors (Lipinski definition) is 2. The van der Waals surface area contributed by atoms with Crippen molar-refractivity contribution in [2.75, 3.05) is 10.6 Å². The minimum Gasteiger partial charge on any atom is -0.351 e. The molecule has 1 amide bonds. The van der Waals surface area contributed by atoms with E-state index in [2.05, 4.69) is 25.6 Å². The normalized spacial score (nSPS) is 14.1. The lowest BCUT2D eigenvalue weighted by Gasteiger charge is -2.16. The summed E-state index contributed by atoms with van der Waals surface area (Å²) in [5.41, 5.74) is 0.759. The Hall–Kier alpha value is -4.28. The Morgan fingerprint density at radius 1 is 1.05 bits per heavy atom. The Labute approximate surface area is 216 Å². The topological polar surface area (TPSA) is 102 Å². The van der Waals surface area contributed by atoms with Gasteiger partial charge in [0.15, 0.2) is 5.65 Å². The number of nitrogens with one attached hydrogen (secondary N) is 2. The van der Waals surface area contributed by atoms with Crippen molar-refractivity contribution >= 4 is 28.6 Å². The molecule has 5 rings (SSSR count). The maximum atomic E-state index is 13.1. The van der Waals surface area contributed by atoms with Crippen molar-refractivity contribution in [3.05, 3.63) is 81.5 Å². The molecule has 2 N–H and O–H groups in total. The minimum atomic E-state index is -4.56. The fourth-order valence-corrected chi connectivity index (χ4v) is 4.69. The fourth-order valence-electron chi connectivity index (χ4n) is 4.69. The Morgan fingerprint density at radius 3 is 2.55 bits per heavy atom. The van der Waals surface area contributed by atoms with Crippen molar-refractivity contribution in [1.82, 2.24) is 19.5 Å². The number of anilines is 2.